The maximum Gasteiger partial charge on any atom is 0.222 e. The number of likely N-dealkylation sites (tertiary alicyclic amines) is 1. The predicted molar refractivity (Wildman–Crippen MR) is 62.4 cm³/mol. The molecular weight excluding hydrogens is 188 g/mol. The van der Waals surface area contributed by atoms with Gasteiger partial charge in [-0.1, -0.05) is 20.3 Å². The van der Waals surface area contributed by atoms with E-state index in [2.05, 4.69) is 13.8 Å². The lowest BCUT2D eigenvalue weighted by Crippen LogP contribution is -2.39. The first kappa shape index (κ1) is 12.5. The zero-order chi connectivity index (χ0) is 11.3. The minimum atomic E-state index is 0.305. The second-order valence-corrected chi connectivity index (χ2v) is 4.78. The molecule has 0 spiro atoms. The largest absolute Gasteiger partial charge is 0.343 e. The Balaban J connectivity index is 2.33. The van der Waals surface area contributed by atoms with E-state index in [-0.39, 0.29) is 0 Å². The van der Waals surface area contributed by atoms with Crippen molar-refractivity contribution in [3.63, 3.8) is 0 Å². The van der Waals surface area contributed by atoms with Crippen molar-refractivity contribution in [2.75, 3.05) is 19.6 Å². The highest BCUT2D eigenvalue weighted by Crippen LogP contribution is 2.18. The molecule has 0 radical (unpaired) electrons. The quantitative estimate of drug-likeness (QED) is 0.769. The van der Waals surface area contributed by atoms with E-state index in [0.29, 0.717) is 24.8 Å². The first-order valence-corrected chi connectivity index (χ1v) is 6.15. The van der Waals surface area contributed by atoms with Crippen molar-refractivity contribution >= 4 is 5.91 Å². The highest BCUT2D eigenvalue weighted by atomic mass is 16.2. The lowest BCUT2D eigenvalue weighted by Gasteiger charge is -2.31. The summed E-state index contributed by atoms with van der Waals surface area (Å²) in [5.41, 5.74) is 5.61. The van der Waals surface area contributed by atoms with Crippen LogP contribution in [0, 0.1) is 11.8 Å². The second kappa shape index (κ2) is 6.11. The average Bonchev–Trinajstić information content (AvgIpc) is 2.26. The third-order valence-electron chi connectivity index (χ3n) is 3.51. The molecule has 0 aromatic rings. The van der Waals surface area contributed by atoms with Gasteiger partial charge in [0, 0.05) is 19.5 Å². The fraction of sp³-hybridized carbons (Fsp3) is 0.917. The number of rotatable bonds is 4. The number of amides is 1. The zero-order valence-corrected chi connectivity index (χ0v) is 10.0. The molecule has 3 nitrogen and oxygen atoms in total. The summed E-state index contributed by atoms with van der Waals surface area (Å²) in [5, 5.41) is 0. The van der Waals surface area contributed by atoms with E-state index in [4.69, 9.17) is 5.73 Å². The Hall–Kier alpha value is -0.570. The van der Waals surface area contributed by atoms with E-state index in [0.717, 1.165) is 38.3 Å². The Labute approximate surface area is 93.0 Å². The molecule has 3 heteroatoms. The maximum atomic E-state index is 11.9. The fourth-order valence-electron chi connectivity index (χ4n) is 2.03. The van der Waals surface area contributed by atoms with Crippen LogP contribution in [0.4, 0.5) is 0 Å². The van der Waals surface area contributed by atoms with Crippen LogP contribution >= 0.6 is 0 Å². The summed E-state index contributed by atoms with van der Waals surface area (Å²) in [4.78, 5) is 13.9. The van der Waals surface area contributed by atoms with Gasteiger partial charge >= 0.3 is 0 Å². The molecule has 1 aliphatic heterocycles. The van der Waals surface area contributed by atoms with Crippen molar-refractivity contribution in [1.82, 2.24) is 4.90 Å². The number of carbonyl (C=O) groups excluding carboxylic acids is 1. The molecule has 1 rings (SSSR count). The number of carbonyl (C=O) groups is 1. The third-order valence-corrected chi connectivity index (χ3v) is 3.51. The first-order valence-electron chi connectivity index (χ1n) is 6.15. The van der Waals surface area contributed by atoms with E-state index in [1.165, 1.54) is 0 Å². The van der Waals surface area contributed by atoms with E-state index in [1.807, 2.05) is 4.90 Å². The van der Waals surface area contributed by atoms with Gasteiger partial charge in [0.2, 0.25) is 5.91 Å². The Morgan fingerprint density at radius 1 is 1.47 bits per heavy atom. The van der Waals surface area contributed by atoms with Crippen molar-refractivity contribution in [3.05, 3.63) is 0 Å². The highest BCUT2D eigenvalue weighted by molar-refractivity contribution is 5.76. The summed E-state index contributed by atoms with van der Waals surface area (Å²) >= 11 is 0. The van der Waals surface area contributed by atoms with Crippen molar-refractivity contribution in [1.29, 1.82) is 0 Å². The molecule has 15 heavy (non-hydrogen) atoms. The monoisotopic (exact) mass is 212 g/mol. The van der Waals surface area contributed by atoms with Gasteiger partial charge in [0.05, 0.1) is 0 Å². The lowest BCUT2D eigenvalue weighted by molar-refractivity contribution is -0.133. The van der Waals surface area contributed by atoms with Crippen molar-refractivity contribution in [2.45, 2.75) is 39.5 Å². The number of nitrogens with zero attached hydrogens (tertiary/aromatic N) is 1. The molecular formula is C12H24N2O. The SMILES string of the molecule is CCC(CN)CC(=O)N1CCC(C)CC1. The van der Waals surface area contributed by atoms with E-state index in [1.54, 1.807) is 0 Å². The van der Waals surface area contributed by atoms with Gasteiger partial charge in [0.1, 0.15) is 0 Å². The Bertz CT molecular complexity index is 194. The molecule has 2 N–H and O–H groups in total. The molecule has 0 aromatic carbocycles. The van der Waals surface area contributed by atoms with Gasteiger partial charge in [-0.2, -0.15) is 0 Å². The number of piperidine rings is 1. The van der Waals surface area contributed by atoms with Crippen molar-refractivity contribution in [3.8, 4) is 0 Å². The molecule has 0 aliphatic carbocycles. The Morgan fingerprint density at radius 3 is 2.53 bits per heavy atom. The van der Waals surface area contributed by atoms with Crippen LogP contribution in [0.1, 0.15) is 39.5 Å². The summed E-state index contributed by atoms with van der Waals surface area (Å²) in [6, 6.07) is 0. The summed E-state index contributed by atoms with van der Waals surface area (Å²) < 4.78 is 0. The summed E-state index contributed by atoms with van der Waals surface area (Å²) in [7, 11) is 0. The van der Waals surface area contributed by atoms with Crippen LogP contribution in [0.15, 0.2) is 0 Å². The smallest absolute Gasteiger partial charge is 0.222 e. The third kappa shape index (κ3) is 3.82. The molecule has 1 unspecified atom stereocenters. The van der Waals surface area contributed by atoms with Crippen LogP contribution in [0.2, 0.25) is 0 Å². The summed E-state index contributed by atoms with van der Waals surface area (Å²) in [6.07, 6.45) is 3.96. The molecule has 1 fully saturated rings. The number of hydrogen-bond donors (Lipinski definition) is 1. The van der Waals surface area contributed by atoms with Gasteiger partial charge in [-0.25, -0.2) is 0 Å². The summed E-state index contributed by atoms with van der Waals surface area (Å²) in [5.74, 6) is 1.46. The predicted octanol–water partition coefficient (Wildman–Crippen LogP) is 1.62. The lowest BCUT2D eigenvalue weighted by atomic mass is 9.97. The molecule has 1 saturated heterocycles. The zero-order valence-electron chi connectivity index (χ0n) is 10.0. The minimum absolute atomic E-state index is 0.305. The first-order chi connectivity index (χ1) is 7.17. The van der Waals surface area contributed by atoms with Crippen LogP contribution in [-0.4, -0.2) is 30.4 Å². The van der Waals surface area contributed by atoms with Gasteiger partial charge in [-0.05, 0) is 31.2 Å². The van der Waals surface area contributed by atoms with Crippen LogP contribution < -0.4 is 5.73 Å². The molecule has 1 atom stereocenters. The average molecular weight is 212 g/mol. The Kier molecular flexibility index (Phi) is 5.09. The van der Waals surface area contributed by atoms with Crippen LogP contribution in [0.3, 0.4) is 0 Å². The molecule has 88 valence electrons. The summed E-state index contributed by atoms with van der Waals surface area (Å²) in [6.45, 7) is 6.88. The number of nitrogens with two attached hydrogens (primary N) is 1. The van der Waals surface area contributed by atoms with E-state index < -0.39 is 0 Å². The fourth-order valence-corrected chi connectivity index (χ4v) is 2.03. The maximum absolute atomic E-state index is 11.9. The van der Waals surface area contributed by atoms with Gasteiger partial charge in [0.25, 0.3) is 0 Å². The topological polar surface area (TPSA) is 46.3 Å². The van der Waals surface area contributed by atoms with Crippen LogP contribution in [0.5, 0.6) is 0 Å². The van der Waals surface area contributed by atoms with E-state index in [9.17, 15) is 4.79 Å². The molecule has 1 amide bonds. The molecule has 1 heterocycles. The van der Waals surface area contributed by atoms with Crippen molar-refractivity contribution in [2.24, 2.45) is 17.6 Å². The molecule has 0 saturated carbocycles. The number of hydrogen-bond acceptors (Lipinski definition) is 2. The van der Waals surface area contributed by atoms with Gasteiger partial charge < -0.3 is 10.6 Å². The molecule has 0 aromatic heterocycles. The van der Waals surface area contributed by atoms with Crippen molar-refractivity contribution < 1.29 is 4.79 Å². The molecule has 1 aliphatic rings. The van der Waals surface area contributed by atoms with Gasteiger partial charge in [0.15, 0.2) is 0 Å². The van der Waals surface area contributed by atoms with Gasteiger partial charge in [-0.15, -0.1) is 0 Å². The highest BCUT2D eigenvalue weighted by Gasteiger charge is 2.21. The normalized spacial score (nSPS) is 20.3. The van der Waals surface area contributed by atoms with Gasteiger partial charge in [-0.3, -0.25) is 4.79 Å². The second-order valence-electron chi connectivity index (χ2n) is 4.78. The van der Waals surface area contributed by atoms with E-state index >= 15 is 0 Å². The Morgan fingerprint density at radius 2 is 2.07 bits per heavy atom. The van der Waals surface area contributed by atoms with Crippen LogP contribution in [-0.2, 0) is 4.79 Å². The standard InChI is InChI=1S/C12H24N2O/c1-3-11(9-13)8-12(15)14-6-4-10(2)5-7-14/h10-11H,3-9,13H2,1-2H3. The molecule has 0 bridgehead atoms. The minimum Gasteiger partial charge on any atom is -0.343 e. The van der Waals surface area contributed by atoms with Crippen LogP contribution in [0.25, 0.3) is 0 Å².